The second-order valence-corrected chi connectivity index (χ2v) is 7.22. The molecular weight excluding hydrogens is 268 g/mol. The van der Waals surface area contributed by atoms with Gasteiger partial charge in [0.2, 0.25) is 15.9 Å². The Labute approximate surface area is 113 Å². The van der Waals surface area contributed by atoms with E-state index in [-0.39, 0.29) is 18.1 Å². The molecule has 1 heterocycles. The fraction of sp³-hybridized carbons (Fsp3) is 0.833. The summed E-state index contributed by atoms with van der Waals surface area (Å²) in [6, 6.07) is -0.709. The summed E-state index contributed by atoms with van der Waals surface area (Å²) < 4.78 is 24.2. The lowest BCUT2D eigenvalue weighted by atomic mass is 10.0. The molecule has 108 valence electrons. The molecule has 2 aliphatic rings. The van der Waals surface area contributed by atoms with Gasteiger partial charge >= 0.3 is 0 Å². The Hall–Kier alpha value is -1.11. The molecule has 0 aromatic carbocycles. The van der Waals surface area contributed by atoms with Gasteiger partial charge in [-0.3, -0.25) is 14.3 Å². The summed E-state index contributed by atoms with van der Waals surface area (Å²) in [4.78, 5) is 23.2. The van der Waals surface area contributed by atoms with Gasteiger partial charge in [-0.2, -0.15) is 0 Å². The Morgan fingerprint density at radius 2 is 1.95 bits per heavy atom. The van der Waals surface area contributed by atoms with E-state index in [4.69, 9.17) is 0 Å². The highest BCUT2D eigenvalue weighted by Crippen LogP contribution is 2.28. The number of amides is 2. The van der Waals surface area contributed by atoms with Crippen molar-refractivity contribution in [1.29, 1.82) is 0 Å². The third-order valence-corrected chi connectivity index (χ3v) is 5.12. The van der Waals surface area contributed by atoms with Crippen LogP contribution in [0.4, 0.5) is 0 Å². The quantitative estimate of drug-likeness (QED) is 0.777. The molecule has 2 N–H and O–H groups in total. The molecule has 19 heavy (non-hydrogen) atoms. The topological polar surface area (TPSA) is 92.3 Å². The second-order valence-electron chi connectivity index (χ2n) is 5.38. The molecule has 0 aromatic heterocycles. The molecular formula is C12H20N2O4S. The maximum Gasteiger partial charge on any atom is 0.256 e. The molecule has 2 rings (SSSR count). The van der Waals surface area contributed by atoms with E-state index in [1.165, 1.54) is 25.7 Å². The molecule has 1 aliphatic carbocycles. The van der Waals surface area contributed by atoms with Gasteiger partial charge in [0.25, 0.3) is 5.91 Å². The first kappa shape index (κ1) is 14.3. The number of hydrogen-bond donors (Lipinski definition) is 2. The number of nitrogens with one attached hydrogen (secondary N) is 2. The van der Waals surface area contributed by atoms with Gasteiger partial charge in [-0.1, -0.05) is 25.7 Å². The lowest BCUT2D eigenvalue weighted by Crippen LogP contribution is -2.53. The lowest BCUT2D eigenvalue weighted by Gasteiger charge is -2.23. The molecule has 2 amide bonds. The van der Waals surface area contributed by atoms with Crippen molar-refractivity contribution in [1.82, 2.24) is 10.0 Å². The average Bonchev–Trinajstić information content (AvgIpc) is 2.83. The van der Waals surface area contributed by atoms with Gasteiger partial charge < -0.3 is 5.32 Å². The van der Waals surface area contributed by atoms with Gasteiger partial charge in [0, 0.05) is 6.42 Å². The predicted molar refractivity (Wildman–Crippen MR) is 69.7 cm³/mol. The average molecular weight is 288 g/mol. The van der Waals surface area contributed by atoms with E-state index in [0.717, 1.165) is 6.42 Å². The van der Waals surface area contributed by atoms with E-state index in [2.05, 4.69) is 5.32 Å². The summed E-state index contributed by atoms with van der Waals surface area (Å²) >= 11 is 0. The van der Waals surface area contributed by atoms with Crippen LogP contribution in [0.1, 0.15) is 44.9 Å². The fourth-order valence-electron chi connectivity index (χ4n) is 2.72. The standard InChI is InChI=1S/C12H20N2O4S/c15-11(6-5-9-3-1-2-4-9)13-10-7-8-19(17,18)14-12(10)16/h9-10H,1-8H2,(H,13,15)(H,14,16). The zero-order valence-electron chi connectivity index (χ0n) is 10.9. The largest absolute Gasteiger partial charge is 0.344 e. The van der Waals surface area contributed by atoms with Crippen LogP contribution >= 0.6 is 0 Å². The highest BCUT2D eigenvalue weighted by Gasteiger charge is 2.31. The monoisotopic (exact) mass is 288 g/mol. The molecule has 1 saturated carbocycles. The number of hydrogen-bond acceptors (Lipinski definition) is 4. The molecule has 0 aromatic rings. The summed E-state index contributed by atoms with van der Waals surface area (Å²) in [5.74, 6) is -0.273. The molecule has 6 nitrogen and oxygen atoms in total. The van der Waals surface area contributed by atoms with E-state index in [1.807, 2.05) is 4.72 Å². The molecule has 0 bridgehead atoms. The van der Waals surface area contributed by atoms with Crippen LogP contribution in [-0.2, 0) is 19.6 Å². The first-order valence-corrected chi connectivity index (χ1v) is 8.45. The third kappa shape index (κ3) is 4.19. The summed E-state index contributed by atoms with van der Waals surface area (Å²) in [6.07, 6.45) is 6.30. The van der Waals surface area contributed by atoms with Crippen LogP contribution in [0.25, 0.3) is 0 Å². The summed E-state index contributed by atoms with van der Waals surface area (Å²) in [5, 5.41) is 2.61. The predicted octanol–water partition coefficient (Wildman–Crippen LogP) is 0.291. The minimum Gasteiger partial charge on any atom is -0.344 e. The van der Waals surface area contributed by atoms with Crippen molar-refractivity contribution in [3.63, 3.8) is 0 Å². The molecule has 7 heteroatoms. The van der Waals surface area contributed by atoms with Gasteiger partial charge in [-0.05, 0) is 18.8 Å². The van der Waals surface area contributed by atoms with Crippen LogP contribution in [0.5, 0.6) is 0 Å². The van der Waals surface area contributed by atoms with Crippen molar-refractivity contribution >= 4 is 21.8 Å². The SMILES string of the molecule is O=C(CCC1CCCC1)NC1CCS(=O)(=O)NC1=O. The van der Waals surface area contributed by atoms with Gasteiger partial charge in [-0.25, -0.2) is 8.42 Å². The normalized spacial score (nSPS) is 26.9. The van der Waals surface area contributed by atoms with Crippen LogP contribution in [0.3, 0.4) is 0 Å². The van der Waals surface area contributed by atoms with Crippen molar-refractivity contribution in [3.8, 4) is 0 Å². The molecule has 1 saturated heterocycles. The minimum absolute atomic E-state index is 0.119. The Morgan fingerprint density at radius 1 is 1.26 bits per heavy atom. The molecule has 0 spiro atoms. The number of carbonyl (C=O) groups is 2. The molecule has 2 fully saturated rings. The van der Waals surface area contributed by atoms with Gasteiger partial charge in [0.1, 0.15) is 6.04 Å². The molecule has 1 unspecified atom stereocenters. The summed E-state index contributed by atoms with van der Waals surface area (Å²) in [7, 11) is -3.48. The van der Waals surface area contributed by atoms with Crippen molar-refractivity contribution in [2.24, 2.45) is 5.92 Å². The van der Waals surface area contributed by atoms with Gasteiger partial charge in [-0.15, -0.1) is 0 Å². The zero-order chi connectivity index (χ0) is 13.9. The molecule has 0 radical (unpaired) electrons. The summed E-state index contributed by atoms with van der Waals surface area (Å²) in [6.45, 7) is 0. The van der Waals surface area contributed by atoms with Crippen LogP contribution in [0.2, 0.25) is 0 Å². The highest BCUT2D eigenvalue weighted by atomic mass is 32.2. The van der Waals surface area contributed by atoms with Crippen LogP contribution < -0.4 is 10.0 Å². The first-order chi connectivity index (χ1) is 8.96. The number of rotatable bonds is 4. The van der Waals surface area contributed by atoms with E-state index in [9.17, 15) is 18.0 Å². The van der Waals surface area contributed by atoms with Crippen molar-refractivity contribution < 1.29 is 18.0 Å². The van der Waals surface area contributed by atoms with Crippen molar-refractivity contribution in [2.75, 3.05) is 5.75 Å². The Balaban J connectivity index is 1.74. The molecule has 1 atom stereocenters. The fourth-order valence-corrected chi connectivity index (χ4v) is 3.81. The maximum absolute atomic E-state index is 11.7. The summed E-state index contributed by atoms with van der Waals surface area (Å²) in [5.41, 5.74) is 0. The Morgan fingerprint density at radius 3 is 2.58 bits per heavy atom. The van der Waals surface area contributed by atoms with E-state index >= 15 is 0 Å². The van der Waals surface area contributed by atoms with Crippen LogP contribution in [-0.4, -0.2) is 32.0 Å². The number of carbonyl (C=O) groups excluding carboxylic acids is 2. The van der Waals surface area contributed by atoms with Crippen LogP contribution in [0, 0.1) is 5.92 Å². The first-order valence-electron chi connectivity index (χ1n) is 6.80. The minimum atomic E-state index is -3.48. The Bertz CT molecular complexity index is 454. The second kappa shape index (κ2) is 5.90. The van der Waals surface area contributed by atoms with E-state index in [1.54, 1.807) is 0 Å². The smallest absolute Gasteiger partial charge is 0.256 e. The van der Waals surface area contributed by atoms with E-state index < -0.39 is 22.0 Å². The molecule has 1 aliphatic heterocycles. The van der Waals surface area contributed by atoms with E-state index in [0.29, 0.717) is 12.3 Å². The zero-order valence-corrected chi connectivity index (χ0v) is 11.7. The van der Waals surface area contributed by atoms with Crippen molar-refractivity contribution in [2.45, 2.75) is 51.0 Å². The third-order valence-electron chi connectivity index (χ3n) is 3.84. The highest BCUT2D eigenvalue weighted by molar-refractivity contribution is 7.90. The van der Waals surface area contributed by atoms with Gasteiger partial charge in [0.15, 0.2) is 0 Å². The van der Waals surface area contributed by atoms with Crippen LogP contribution in [0.15, 0.2) is 0 Å². The van der Waals surface area contributed by atoms with Gasteiger partial charge in [0.05, 0.1) is 5.75 Å². The lowest BCUT2D eigenvalue weighted by molar-refractivity contribution is -0.128. The maximum atomic E-state index is 11.7. The number of sulfonamides is 1. The van der Waals surface area contributed by atoms with Crippen molar-refractivity contribution in [3.05, 3.63) is 0 Å². The Kier molecular flexibility index (Phi) is 4.44.